The van der Waals surface area contributed by atoms with Gasteiger partial charge in [-0.15, -0.1) is 0 Å². The Morgan fingerprint density at radius 2 is 1.52 bits per heavy atom. The van der Waals surface area contributed by atoms with Crippen LogP contribution in [0.25, 0.3) is 33.3 Å². The van der Waals surface area contributed by atoms with E-state index in [2.05, 4.69) is 29.2 Å². The first kappa shape index (κ1) is 13.8. The number of hydrogen-bond donors (Lipinski definition) is 1. The fourth-order valence-electron chi connectivity index (χ4n) is 3.06. The van der Waals surface area contributed by atoms with Crippen LogP contribution in [-0.2, 0) is 0 Å². The van der Waals surface area contributed by atoms with Crippen LogP contribution in [0.15, 0.2) is 72.8 Å². The van der Waals surface area contributed by atoms with Crippen molar-refractivity contribution in [3.8, 4) is 22.4 Å². The normalized spacial score (nSPS) is 11.0. The van der Waals surface area contributed by atoms with Gasteiger partial charge in [-0.25, -0.2) is 4.39 Å². The summed E-state index contributed by atoms with van der Waals surface area (Å²) in [5, 5.41) is 1.15. The number of para-hydroxylation sites is 1. The minimum Gasteiger partial charge on any atom is -0.354 e. The first-order chi connectivity index (χ1) is 11.2. The monoisotopic (exact) mass is 301 g/mol. The number of H-pyrrole nitrogens is 1. The summed E-state index contributed by atoms with van der Waals surface area (Å²) in [6.45, 7) is 1.80. The van der Waals surface area contributed by atoms with Crippen molar-refractivity contribution in [2.75, 3.05) is 0 Å². The fourth-order valence-corrected chi connectivity index (χ4v) is 3.06. The van der Waals surface area contributed by atoms with Gasteiger partial charge in [-0.05, 0) is 41.8 Å². The topological polar surface area (TPSA) is 15.8 Å². The number of rotatable bonds is 2. The molecule has 1 nitrogen and oxygen atoms in total. The molecule has 0 unspecified atom stereocenters. The summed E-state index contributed by atoms with van der Waals surface area (Å²) in [4.78, 5) is 3.52. The minimum absolute atomic E-state index is 0.171. The lowest BCUT2D eigenvalue weighted by molar-refractivity contribution is 0.619. The zero-order chi connectivity index (χ0) is 15.8. The zero-order valence-electron chi connectivity index (χ0n) is 12.8. The summed E-state index contributed by atoms with van der Waals surface area (Å²) in [5.74, 6) is -0.171. The molecular formula is C21H16FN. The molecule has 0 aliphatic heterocycles. The van der Waals surface area contributed by atoms with Gasteiger partial charge in [0.05, 0.1) is 5.69 Å². The smallest absolute Gasteiger partial charge is 0.126 e. The number of fused-ring (bicyclic) bond motifs is 1. The molecule has 0 saturated heterocycles. The molecule has 1 heterocycles. The van der Waals surface area contributed by atoms with E-state index in [0.717, 1.165) is 33.3 Å². The van der Waals surface area contributed by atoms with Crippen LogP contribution < -0.4 is 0 Å². The molecule has 0 fully saturated rings. The van der Waals surface area contributed by atoms with E-state index in [1.807, 2.05) is 42.5 Å². The number of aromatic amines is 1. The third-order valence-electron chi connectivity index (χ3n) is 4.22. The van der Waals surface area contributed by atoms with Gasteiger partial charge in [-0.1, -0.05) is 54.6 Å². The Kier molecular flexibility index (Phi) is 3.23. The standard InChI is InChI=1S/C21H16FN/c1-14-13-16(11-12-18(14)22)20-17-9-5-6-10-19(17)23-21(20)15-7-3-2-4-8-15/h2-13,23H,1H3. The quantitative estimate of drug-likeness (QED) is 0.471. The van der Waals surface area contributed by atoms with Crippen LogP contribution in [0, 0.1) is 12.7 Å². The molecular weight excluding hydrogens is 285 g/mol. The highest BCUT2D eigenvalue weighted by atomic mass is 19.1. The summed E-state index contributed by atoms with van der Waals surface area (Å²) in [6, 6.07) is 23.8. The molecule has 4 aromatic rings. The molecule has 1 aromatic heterocycles. The predicted molar refractivity (Wildman–Crippen MR) is 93.9 cm³/mol. The molecule has 4 rings (SSSR count). The van der Waals surface area contributed by atoms with Crippen molar-refractivity contribution in [3.63, 3.8) is 0 Å². The van der Waals surface area contributed by atoms with Crippen LogP contribution >= 0.6 is 0 Å². The first-order valence-corrected chi connectivity index (χ1v) is 7.67. The summed E-state index contributed by atoms with van der Waals surface area (Å²) in [5.41, 5.74) is 6.09. The van der Waals surface area contributed by atoms with E-state index < -0.39 is 0 Å². The molecule has 0 spiro atoms. The summed E-state index contributed by atoms with van der Waals surface area (Å²) in [7, 11) is 0. The Hall–Kier alpha value is -2.87. The summed E-state index contributed by atoms with van der Waals surface area (Å²) >= 11 is 0. The number of hydrogen-bond acceptors (Lipinski definition) is 0. The second-order valence-corrected chi connectivity index (χ2v) is 5.75. The van der Waals surface area contributed by atoms with Crippen molar-refractivity contribution >= 4 is 10.9 Å². The Labute approximate surface area is 134 Å². The predicted octanol–water partition coefficient (Wildman–Crippen LogP) is 5.95. The third-order valence-corrected chi connectivity index (χ3v) is 4.22. The van der Waals surface area contributed by atoms with E-state index in [1.54, 1.807) is 13.0 Å². The van der Waals surface area contributed by atoms with Crippen molar-refractivity contribution in [2.24, 2.45) is 0 Å². The SMILES string of the molecule is Cc1cc(-c2c(-c3ccccc3)[nH]c3ccccc23)ccc1F. The van der Waals surface area contributed by atoms with Crippen LogP contribution in [0.3, 0.4) is 0 Å². The van der Waals surface area contributed by atoms with Gasteiger partial charge in [0.15, 0.2) is 0 Å². The molecule has 0 radical (unpaired) electrons. The van der Waals surface area contributed by atoms with E-state index in [1.165, 1.54) is 0 Å². The molecule has 3 aromatic carbocycles. The largest absolute Gasteiger partial charge is 0.354 e. The van der Waals surface area contributed by atoms with E-state index in [9.17, 15) is 4.39 Å². The average Bonchev–Trinajstić information content (AvgIpc) is 2.98. The van der Waals surface area contributed by atoms with Crippen molar-refractivity contribution < 1.29 is 4.39 Å². The lowest BCUT2D eigenvalue weighted by Crippen LogP contribution is -1.86. The molecule has 2 heteroatoms. The van der Waals surface area contributed by atoms with E-state index >= 15 is 0 Å². The molecule has 0 atom stereocenters. The fraction of sp³-hybridized carbons (Fsp3) is 0.0476. The second-order valence-electron chi connectivity index (χ2n) is 5.75. The Morgan fingerprint density at radius 3 is 2.30 bits per heavy atom. The molecule has 1 N–H and O–H groups in total. The number of aryl methyl sites for hydroxylation is 1. The summed E-state index contributed by atoms with van der Waals surface area (Å²) < 4.78 is 13.7. The Balaban J connectivity index is 2.05. The maximum absolute atomic E-state index is 13.7. The van der Waals surface area contributed by atoms with Crippen molar-refractivity contribution in [1.82, 2.24) is 4.98 Å². The van der Waals surface area contributed by atoms with E-state index in [4.69, 9.17) is 0 Å². The number of nitrogens with one attached hydrogen (secondary N) is 1. The van der Waals surface area contributed by atoms with E-state index in [0.29, 0.717) is 5.56 Å². The van der Waals surface area contributed by atoms with Crippen LogP contribution in [0.4, 0.5) is 4.39 Å². The maximum atomic E-state index is 13.7. The highest BCUT2D eigenvalue weighted by molar-refractivity contribution is 6.03. The molecule has 0 amide bonds. The summed E-state index contributed by atoms with van der Waals surface area (Å²) in [6.07, 6.45) is 0. The van der Waals surface area contributed by atoms with Crippen molar-refractivity contribution in [3.05, 3.63) is 84.2 Å². The van der Waals surface area contributed by atoms with Gasteiger partial charge in [0.25, 0.3) is 0 Å². The molecule has 0 saturated carbocycles. The van der Waals surface area contributed by atoms with Crippen LogP contribution in [0.2, 0.25) is 0 Å². The van der Waals surface area contributed by atoms with Crippen molar-refractivity contribution in [2.45, 2.75) is 6.92 Å². The van der Waals surface area contributed by atoms with Gasteiger partial charge in [0.2, 0.25) is 0 Å². The average molecular weight is 301 g/mol. The minimum atomic E-state index is -0.171. The van der Waals surface area contributed by atoms with Crippen molar-refractivity contribution in [1.29, 1.82) is 0 Å². The first-order valence-electron chi connectivity index (χ1n) is 7.67. The van der Waals surface area contributed by atoms with Gasteiger partial charge in [-0.2, -0.15) is 0 Å². The van der Waals surface area contributed by atoms with Gasteiger partial charge in [0, 0.05) is 16.5 Å². The molecule has 0 bridgehead atoms. The Bertz CT molecular complexity index is 983. The van der Waals surface area contributed by atoms with Gasteiger partial charge in [0.1, 0.15) is 5.82 Å². The number of halogens is 1. The highest BCUT2D eigenvalue weighted by Crippen LogP contribution is 2.38. The zero-order valence-corrected chi connectivity index (χ0v) is 12.8. The van der Waals surface area contributed by atoms with Gasteiger partial charge >= 0.3 is 0 Å². The lowest BCUT2D eigenvalue weighted by Gasteiger charge is -2.07. The molecule has 23 heavy (non-hydrogen) atoms. The molecule has 0 aliphatic rings. The second kappa shape index (κ2) is 5.40. The Morgan fingerprint density at radius 1 is 0.783 bits per heavy atom. The lowest BCUT2D eigenvalue weighted by atomic mass is 9.97. The number of benzene rings is 3. The van der Waals surface area contributed by atoms with Crippen LogP contribution in [-0.4, -0.2) is 4.98 Å². The van der Waals surface area contributed by atoms with Gasteiger partial charge < -0.3 is 4.98 Å². The number of aromatic nitrogens is 1. The molecule has 112 valence electrons. The maximum Gasteiger partial charge on any atom is 0.126 e. The third kappa shape index (κ3) is 2.33. The molecule has 0 aliphatic carbocycles. The van der Waals surface area contributed by atoms with Gasteiger partial charge in [-0.3, -0.25) is 0 Å². The van der Waals surface area contributed by atoms with E-state index in [-0.39, 0.29) is 5.82 Å². The highest BCUT2D eigenvalue weighted by Gasteiger charge is 2.15. The van der Waals surface area contributed by atoms with Crippen LogP contribution in [0.1, 0.15) is 5.56 Å². The van der Waals surface area contributed by atoms with Crippen LogP contribution in [0.5, 0.6) is 0 Å².